The van der Waals surface area contributed by atoms with E-state index in [1.54, 1.807) is 12.3 Å². The van der Waals surface area contributed by atoms with Gasteiger partial charge in [-0.25, -0.2) is 0 Å². The summed E-state index contributed by atoms with van der Waals surface area (Å²) in [5, 5.41) is 10.7. The third-order valence-corrected chi connectivity index (χ3v) is 3.90. The van der Waals surface area contributed by atoms with Crippen LogP contribution >= 0.6 is 0 Å². The van der Waals surface area contributed by atoms with Crippen molar-refractivity contribution in [3.05, 3.63) is 28.4 Å². The van der Waals surface area contributed by atoms with Crippen LogP contribution < -0.4 is 10.6 Å². The molecule has 1 aliphatic rings. The van der Waals surface area contributed by atoms with Crippen molar-refractivity contribution in [2.45, 2.75) is 51.1 Å². The minimum absolute atomic E-state index is 0.101. The molecule has 6 nitrogen and oxygen atoms in total. The van der Waals surface area contributed by atoms with Crippen LogP contribution in [0.5, 0.6) is 0 Å². The van der Waals surface area contributed by atoms with E-state index in [1.807, 2.05) is 0 Å². The molecule has 1 saturated carbocycles. The lowest BCUT2D eigenvalue weighted by molar-refractivity contribution is -0.389. The lowest BCUT2D eigenvalue weighted by atomic mass is 9.90. The second kappa shape index (κ2) is 6.65. The first-order valence-electron chi connectivity index (χ1n) is 7.24. The first-order chi connectivity index (χ1) is 9.61. The molecule has 1 fully saturated rings. The van der Waals surface area contributed by atoms with E-state index in [4.69, 9.17) is 5.73 Å². The van der Waals surface area contributed by atoms with Gasteiger partial charge in [0.25, 0.3) is 0 Å². The van der Waals surface area contributed by atoms with Gasteiger partial charge in [0.2, 0.25) is 0 Å². The molecule has 1 aromatic rings. The van der Waals surface area contributed by atoms with E-state index in [9.17, 15) is 10.1 Å². The van der Waals surface area contributed by atoms with Crippen LogP contribution in [0.4, 0.5) is 11.5 Å². The average molecular weight is 278 g/mol. The molecule has 0 unspecified atom stereocenters. The first kappa shape index (κ1) is 14.7. The van der Waals surface area contributed by atoms with Crippen molar-refractivity contribution < 1.29 is 4.92 Å². The van der Waals surface area contributed by atoms with E-state index in [-0.39, 0.29) is 5.82 Å². The topological polar surface area (TPSA) is 85.3 Å². The van der Waals surface area contributed by atoms with E-state index in [0.29, 0.717) is 12.1 Å². The van der Waals surface area contributed by atoms with Gasteiger partial charge in [0.1, 0.15) is 0 Å². The summed E-state index contributed by atoms with van der Waals surface area (Å²) in [4.78, 5) is 16.4. The molecule has 0 spiro atoms. The molecule has 0 aliphatic heterocycles. The van der Waals surface area contributed by atoms with Crippen LogP contribution in [-0.2, 0) is 0 Å². The third-order valence-electron chi connectivity index (χ3n) is 3.90. The standard InChI is InChI=1S/C14H22N4O2/c1-2-9-17(12-5-3-11(15)4-6-12)13-7-8-14(16-10-13)18(19)20/h7-8,10-12H,2-6,9,15H2,1H3. The van der Waals surface area contributed by atoms with E-state index < -0.39 is 4.92 Å². The highest BCUT2D eigenvalue weighted by molar-refractivity contribution is 5.47. The number of nitrogens with zero attached hydrogens (tertiary/aromatic N) is 3. The van der Waals surface area contributed by atoms with Gasteiger partial charge < -0.3 is 20.7 Å². The number of pyridine rings is 1. The molecule has 110 valence electrons. The summed E-state index contributed by atoms with van der Waals surface area (Å²) in [6, 6.07) is 4.07. The van der Waals surface area contributed by atoms with Crippen LogP contribution in [-0.4, -0.2) is 28.5 Å². The second-order valence-electron chi connectivity index (χ2n) is 5.39. The number of rotatable bonds is 5. The summed E-state index contributed by atoms with van der Waals surface area (Å²) >= 11 is 0. The summed E-state index contributed by atoms with van der Waals surface area (Å²) in [5.74, 6) is -0.101. The van der Waals surface area contributed by atoms with Crippen molar-refractivity contribution in [1.29, 1.82) is 0 Å². The molecule has 1 aliphatic carbocycles. The summed E-state index contributed by atoms with van der Waals surface area (Å²) in [7, 11) is 0. The molecule has 1 heterocycles. The highest BCUT2D eigenvalue weighted by Crippen LogP contribution is 2.27. The summed E-state index contributed by atoms with van der Waals surface area (Å²) in [6.07, 6.45) is 6.91. The lowest BCUT2D eigenvalue weighted by Crippen LogP contribution is -2.41. The molecule has 0 amide bonds. The van der Waals surface area contributed by atoms with E-state index in [0.717, 1.165) is 44.3 Å². The summed E-state index contributed by atoms with van der Waals surface area (Å²) < 4.78 is 0. The Bertz CT molecular complexity index is 441. The maximum atomic E-state index is 10.7. The van der Waals surface area contributed by atoms with Gasteiger partial charge in [-0.3, -0.25) is 0 Å². The fraction of sp³-hybridized carbons (Fsp3) is 0.643. The van der Waals surface area contributed by atoms with Crippen LogP contribution in [0.15, 0.2) is 18.3 Å². The summed E-state index contributed by atoms with van der Waals surface area (Å²) in [5.41, 5.74) is 6.93. The molecular formula is C14H22N4O2. The molecule has 0 radical (unpaired) electrons. The number of hydrogen-bond donors (Lipinski definition) is 1. The second-order valence-corrected chi connectivity index (χ2v) is 5.39. The quantitative estimate of drug-likeness (QED) is 0.660. The van der Waals surface area contributed by atoms with Crippen molar-refractivity contribution in [3.8, 4) is 0 Å². The Kier molecular flexibility index (Phi) is 4.89. The van der Waals surface area contributed by atoms with E-state index in [1.165, 1.54) is 6.07 Å². The van der Waals surface area contributed by atoms with Crippen molar-refractivity contribution in [2.75, 3.05) is 11.4 Å². The molecule has 2 N–H and O–H groups in total. The number of nitro groups is 1. The molecule has 6 heteroatoms. The van der Waals surface area contributed by atoms with Crippen LogP contribution in [0.25, 0.3) is 0 Å². The Balaban J connectivity index is 2.13. The SMILES string of the molecule is CCCN(c1ccc([N+](=O)[O-])nc1)C1CCC(N)CC1. The van der Waals surface area contributed by atoms with Gasteiger partial charge in [-0.1, -0.05) is 6.92 Å². The summed E-state index contributed by atoms with van der Waals surface area (Å²) in [6.45, 7) is 3.08. The van der Waals surface area contributed by atoms with Gasteiger partial charge in [0.05, 0.1) is 5.69 Å². The van der Waals surface area contributed by atoms with Crippen LogP contribution in [0.3, 0.4) is 0 Å². The Morgan fingerprint density at radius 2 is 2.10 bits per heavy atom. The number of aromatic nitrogens is 1. The van der Waals surface area contributed by atoms with E-state index >= 15 is 0 Å². The zero-order valence-corrected chi connectivity index (χ0v) is 11.9. The number of hydrogen-bond acceptors (Lipinski definition) is 5. The maximum Gasteiger partial charge on any atom is 0.363 e. The van der Waals surface area contributed by atoms with Crippen LogP contribution in [0.1, 0.15) is 39.0 Å². The van der Waals surface area contributed by atoms with Gasteiger partial charge in [-0.2, -0.15) is 0 Å². The highest BCUT2D eigenvalue weighted by atomic mass is 16.6. The number of nitrogens with two attached hydrogens (primary N) is 1. The van der Waals surface area contributed by atoms with Gasteiger partial charge in [-0.05, 0) is 48.1 Å². The lowest BCUT2D eigenvalue weighted by Gasteiger charge is -2.37. The minimum atomic E-state index is -0.465. The zero-order chi connectivity index (χ0) is 14.5. The average Bonchev–Trinajstić information content (AvgIpc) is 2.46. The minimum Gasteiger partial charge on any atom is -0.366 e. The monoisotopic (exact) mass is 278 g/mol. The fourth-order valence-corrected chi connectivity index (χ4v) is 2.83. The van der Waals surface area contributed by atoms with Crippen molar-refractivity contribution in [3.63, 3.8) is 0 Å². The number of anilines is 1. The van der Waals surface area contributed by atoms with Gasteiger partial charge in [0, 0.05) is 24.7 Å². The molecule has 20 heavy (non-hydrogen) atoms. The van der Waals surface area contributed by atoms with Gasteiger partial charge in [-0.15, -0.1) is 0 Å². The van der Waals surface area contributed by atoms with Crippen molar-refractivity contribution >= 4 is 11.5 Å². The molecule has 0 atom stereocenters. The highest BCUT2D eigenvalue weighted by Gasteiger charge is 2.25. The van der Waals surface area contributed by atoms with Crippen molar-refractivity contribution in [2.24, 2.45) is 5.73 Å². The first-order valence-corrected chi connectivity index (χ1v) is 7.24. The Morgan fingerprint density at radius 1 is 1.40 bits per heavy atom. The molecule has 0 aromatic carbocycles. The smallest absolute Gasteiger partial charge is 0.363 e. The Labute approximate surface area is 119 Å². The maximum absolute atomic E-state index is 10.7. The third kappa shape index (κ3) is 3.45. The molecule has 1 aromatic heterocycles. The van der Waals surface area contributed by atoms with Crippen molar-refractivity contribution in [1.82, 2.24) is 4.98 Å². The predicted molar refractivity (Wildman–Crippen MR) is 78.8 cm³/mol. The predicted octanol–water partition coefficient (Wildman–Crippen LogP) is 2.48. The van der Waals surface area contributed by atoms with Gasteiger partial charge in [0.15, 0.2) is 6.20 Å². The van der Waals surface area contributed by atoms with Gasteiger partial charge >= 0.3 is 5.82 Å². The molecule has 0 bridgehead atoms. The molecule has 2 rings (SSSR count). The Hall–Kier alpha value is -1.69. The molecule has 0 saturated heterocycles. The van der Waals surface area contributed by atoms with Crippen LogP contribution in [0, 0.1) is 10.1 Å². The fourth-order valence-electron chi connectivity index (χ4n) is 2.83. The normalized spacial score (nSPS) is 22.5. The Morgan fingerprint density at radius 3 is 2.60 bits per heavy atom. The van der Waals surface area contributed by atoms with Crippen LogP contribution in [0.2, 0.25) is 0 Å². The zero-order valence-electron chi connectivity index (χ0n) is 11.9. The van der Waals surface area contributed by atoms with E-state index in [2.05, 4.69) is 16.8 Å². The largest absolute Gasteiger partial charge is 0.366 e. The molecular weight excluding hydrogens is 256 g/mol.